The molecule has 3 amide bonds. The molecule has 6 heteroatoms. The minimum absolute atomic E-state index is 0.0630. The van der Waals surface area contributed by atoms with Crippen LogP contribution in [-0.4, -0.2) is 29.2 Å². The van der Waals surface area contributed by atoms with E-state index in [0.29, 0.717) is 24.1 Å². The molecule has 2 aliphatic heterocycles. The number of piperidine rings is 1. The highest BCUT2D eigenvalue weighted by atomic mass is 16.2. The summed E-state index contributed by atoms with van der Waals surface area (Å²) in [5, 5.41) is 5.57. The van der Waals surface area contributed by atoms with Crippen LogP contribution in [0.1, 0.15) is 42.1 Å². The fourth-order valence-corrected chi connectivity index (χ4v) is 3.09. The molecule has 21 heavy (non-hydrogen) atoms. The van der Waals surface area contributed by atoms with Crippen molar-refractivity contribution in [3.05, 3.63) is 35.4 Å². The highest BCUT2D eigenvalue weighted by Gasteiger charge is 2.50. The molecule has 0 saturated carbocycles. The second kappa shape index (κ2) is 4.87. The molecule has 1 aromatic rings. The Labute approximate surface area is 122 Å². The third-order valence-electron chi connectivity index (χ3n) is 3.94. The molecule has 0 aliphatic carbocycles. The number of hydrogen-bond acceptors (Lipinski definition) is 3. The topological polar surface area (TPSA) is 78.5 Å². The summed E-state index contributed by atoms with van der Waals surface area (Å²) in [6.45, 7) is 1.89. The van der Waals surface area contributed by atoms with Crippen molar-refractivity contribution in [1.29, 1.82) is 0 Å². The summed E-state index contributed by atoms with van der Waals surface area (Å²) in [7, 11) is 0. The second-order valence-electron chi connectivity index (χ2n) is 5.39. The molecule has 1 aromatic carbocycles. The van der Waals surface area contributed by atoms with Crippen molar-refractivity contribution in [2.45, 2.75) is 32.0 Å². The van der Waals surface area contributed by atoms with E-state index in [1.54, 1.807) is 29.2 Å². The lowest BCUT2D eigenvalue weighted by molar-refractivity contribution is -0.146. The zero-order valence-electron chi connectivity index (χ0n) is 11.8. The SMILES string of the molecule is CC(=O)NC1(N2CCCCC2=O)NC(=O)c2ccccc21. The van der Waals surface area contributed by atoms with Gasteiger partial charge < -0.3 is 10.6 Å². The number of nitrogens with one attached hydrogen (secondary N) is 2. The molecule has 1 saturated heterocycles. The van der Waals surface area contributed by atoms with Crippen molar-refractivity contribution in [3.8, 4) is 0 Å². The van der Waals surface area contributed by atoms with Crippen LogP contribution in [0.4, 0.5) is 0 Å². The molecule has 0 bridgehead atoms. The van der Waals surface area contributed by atoms with E-state index in [9.17, 15) is 14.4 Å². The predicted octanol–water partition coefficient (Wildman–Crippen LogP) is 0.689. The van der Waals surface area contributed by atoms with Gasteiger partial charge in [0.1, 0.15) is 0 Å². The van der Waals surface area contributed by atoms with Crippen molar-refractivity contribution >= 4 is 17.7 Å². The summed E-state index contributed by atoms with van der Waals surface area (Å²) in [5.74, 6) is -1.90. The lowest BCUT2D eigenvalue weighted by Crippen LogP contribution is -2.66. The number of carbonyl (C=O) groups is 3. The minimum atomic E-state index is -1.25. The maximum absolute atomic E-state index is 12.3. The van der Waals surface area contributed by atoms with Crippen molar-refractivity contribution in [2.24, 2.45) is 0 Å². The van der Waals surface area contributed by atoms with Crippen molar-refractivity contribution in [1.82, 2.24) is 15.5 Å². The summed E-state index contributed by atoms with van der Waals surface area (Å²) in [5.41, 5.74) is 1.12. The largest absolute Gasteiger partial charge is 0.312 e. The fraction of sp³-hybridized carbons (Fsp3) is 0.400. The Hall–Kier alpha value is -2.37. The van der Waals surface area contributed by atoms with Gasteiger partial charge in [-0.15, -0.1) is 0 Å². The first-order valence-corrected chi connectivity index (χ1v) is 7.06. The lowest BCUT2D eigenvalue weighted by Gasteiger charge is -2.43. The number of benzene rings is 1. The van der Waals surface area contributed by atoms with Gasteiger partial charge >= 0.3 is 0 Å². The van der Waals surface area contributed by atoms with Gasteiger partial charge in [0, 0.05) is 31.0 Å². The lowest BCUT2D eigenvalue weighted by atomic mass is 10.0. The third-order valence-corrected chi connectivity index (χ3v) is 3.94. The first kappa shape index (κ1) is 13.6. The molecule has 0 spiro atoms. The highest BCUT2D eigenvalue weighted by Crippen LogP contribution is 2.34. The first-order chi connectivity index (χ1) is 10.0. The molecular weight excluding hydrogens is 270 g/mol. The zero-order valence-corrected chi connectivity index (χ0v) is 11.8. The van der Waals surface area contributed by atoms with Crippen molar-refractivity contribution < 1.29 is 14.4 Å². The molecule has 110 valence electrons. The van der Waals surface area contributed by atoms with E-state index in [0.717, 1.165) is 12.8 Å². The first-order valence-electron chi connectivity index (χ1n) is 7.06. The molecule has 1 fully saturated rings. The Balaban J connectivity index is 2.13. The summed E-state index contributed by atoms with van der Waals surface area (Å²) >= 11 is 0. The quantitative estimate of drug-likeness (QED) is 0.840. The van der Waals surface area contributed by atoms with Crippen molar-refractivity contribution in [2.75, 3.05) is 6.54 Å². The molecular formula is C15H17N3O3. The molecule has 1 atom stereocenters. The van der Waals surface area contributed by atoms with Gasteiger partial charge in [0.2, 0.25) is 17.6 Å². The van der Waals surface area contributed by atoms with Gasteiger partial charge in [0.15, 0.2) is 0 Å². The average molecular weight is 287 g/mol. The van der Waals surface area contributed by atoms with Crippen LogP contribution in [0.3, 0.4) is 0 Å². The molecule has 3 rings (SSSR count). The molecule has 0 aromatic heterocycles. The van der Waals surface area contributed by atoms with E-state index in [1.807, 2.05) is 0 Å². The van der Waals surface area contributed by atoms with Crippen LogP contribution >= 0.6 is 0 Å². The van der Waals surface area contributed by atoms with Crippen LogP contribution in [0.5, 0.6) is 0 Å². The van der Waals surface area contributed by atoms with Gasteiger partial charge in [-0.05, 0) is 18.9 Å². The average Bonchev–Trinajstić information content (AvgIpc) is 2.73. The summed E-state index contributed by atoms with van der Waals surface area (Å²) in [6.07, 6.45) is 2.12. The second-order valence-corrected chi connectivity index (χ2v) is 5.39. The fourth-order valence-electron chi connectivity index (χ4n) is 3.09. The Kier molecular flexibility index (Phi) is 3.16. The summed E-state index contributed by atoms with van der Waals surface area (Å²) in [4.78, 5) is 37.8. The van der Waals surface area contributed by atoms with E-state index >= 15 is 0 Å². The molecule has 1 unspecified atom stereocenters. The maximum Gasteiger partial charge on any atom is 0.255 e. The van der Waals surface area contributed by atoms with Crippen LogP contribution in [0.15, 0.2) is 24.3 Å². The van der Waals surface area contributed by atoms with Crippen LogP contribution in [0.25, 0.3) is 0 Å². The van der Waals surface area contributed by atoms with Gasteiger partial charge in [-0.2, -0.15) is 0 Å². The van der Waals surface area contributed by atoms with Crippen LogP contribution in [-0.2, 0) is 15.4 Å². The molecule has 0 radical (unpaired) electrons. The summed E-state index contributed by atoms with van der Waals surface area (Å²) < 4.78 is 0. The number of hydrogen-bond donors (Lipinski definition) is 2. The van der Waals surface area contributed by atoms with Gasteiger partial charge in [-0.3, -0.25) is 19.3 Å². The number of carbonyl (C=O) groups excluding carboxylic acids is 3. The summed E-state index contributed by atoms with van der Waals surface area (Å²) in [6, 6.07) is 7.03. The van der Waals surface area contributed by atoms with Crippen LogP contribution in [0.2, 0.25) is 0 Å². The highest BCUT2D eigenvalue weighted by molar-refractivity contribution is 6.01. The third kappa shape index (κ3) is 2.07. The van der Waals surface area contributed by atoms with Gasteiger partial charge in [0.25, 0.3) is 5.91 Å². The smallest absolute Gasteiger partial charge is 0.255 e. The van der Waals surface area contributed by atoms with Crippen LogP contribution < -0.4 is 10.6 Å². The Morgan fingerprint density at radius 2 is 2.05 bits per heavy atom. The van der Waals surface area contributed by atoms with Gasteiger partial charge in [-0.25, -0.2) is 0 Å². The number of amides is 3. The monoisotopic (exact) mass is 287 g/mol. The Morgan fingerprint density at radius 3 is 2.76 bits per heavy atom. The van der Waals surface area contributed by atoms with Crippen LogP contribution in [0, 0.1) is 0 Å². The van der Waals surface area contributed by atoms with E-state index in [1.165, 1.54) is 6.92 Å². The normalized spacial score (nSPS) is 24.5. The standard InChI is InChI=1S/C15H17N3O3/c1-10(19)16-15(18-9-5-4-8-13(18)20)12-7-3-2-6-11(12)14(21)17-15/h2-3,6-7H,4-5,8-9H2,1H3,(H,16,19)(H,17,21). The number of likely N-dealkylation sites (tertiary alicyclic amines) is 1. The number of fused-ring (bicyclic) bond motifs is 1. The van der Waals surface area contributed by atoms with Gasteiger partial charge in [-0.1, -0.05) is 18.2 Å². The molecule has 2 N–H and O–H groups in total. The van der Waals surface area contributed by atoms with Crippen molar-refractivity contribution in [3.63, 3.8) is 0 Å². The van der Waals surface area contributed by atoms with Gasteiger partial charge in [0.05, 0.1) is 0 Å². The Bertz CT molecular complexity index is 624. The Morgan fingerprint density at radius 1 is 1.29 bits per heavy atom. The maximum atomic E-state index is 12.3. The molecule has 2 heterocycles. The van der Waals surface area contributed by atoms with E-state index in [4.69, 9.17) is 0 Å². The molecule has 2 aliphatic rings. The molecule has 6 nitrogen and oxygen atoms in total. The van der Waals surface area contributed by atoms with E-state index < -0.39 is 5.79 Å². The zero-order chi connectivity index (χ0) is 15.0. The van der Waals surface area contributed by atoms with E-state index in [2.05, 4.69) is 10.6 Å². The predicted molar refractivity (Wildman–Crippen MR) is 75.0 cm³/mol. The minimum Gasteiger partial charge on any atom is -0.312 e. The number of rotatable bonds is 2. The number of nitrogens with zero attached hydrogens (tertiary/aromatic N) is 1. The van der Waals surface area contributed by atoms with E-state index in [-0.39, 0.29) is 17.7 Å².